The maximum Gasteiger partial charge on any atom is 0.254 e. The molecular weight excluding hydrogens is 370 g/mol. The van der Waals surface area contributed by atoms with E-state index in [-0.39, 0.29) is 11.8 Å². The second-order valence-corrected chi connectivity index (χ2v) is 8.03. The van der Waals surface area contributed by atoms with E-state index in [4.69, 9.17) is 0 Å². The quantitative estimate of drug-likeness (QED) is 0.827. The number of hydrogen-bond acceptors (Lipinski definition) is 4. The molecule has 2 aromatic rings. The highest BCUT2D eigenvalue weighted by atomic mass is 16.3. The molecule has 0 radical (unpaired) electrons. The van der Waals surface area contributed by atoms with Crippen LogP contribution in [0.4, 0.5) is 0 Å². The minimum Gasteiger partial charge on any atom is -0.380 e. The first-order valence-electron chi connectivity index (χ1n) is 9.94. The third-order valence-electron chi connectivity index (χ3n) is 6.04. The summed E-state index contributed by atoms with van der Waals surface area (Å²) in [7, 11) is 0. The number of hydrogen-bond donors (Lipinski definition) is 2. The molecule has 29 heavy (non-hydrogen) atoms. The molecule has 2 N–H and O–H groups in total. The Bertz CT molecular complexity index is 996. The Morgan fingerprint density at radius 1 is 0.966 bits per heavy atom. The molecule has 3 heterocycles. The number of carbonyl (C=O) groups excluding carboxylic acids is 2. The van der Waals surface area contributed by atoms with E-state index >= 15 is 0 Å². The van der Waals surface area contributed by atoms with E-state index in [1.807, 2.05) is 42.6 Å². The van der Waals surface area contributed by atoms with Crippen LogP contribution in [-0.2, 0) is 4.79 Å². The van der Waals surface area contributed by atoms with Crippen LogP contribution in [0.25, 0.3) is 17.2 Å². The van der Waals surface area contributed by atoms with Gasteiger partial charge < -0.3 is 24.6 Å². The van der Waals surface area contributed by atoms with Crippen molar-refractivity contribution in [3.8, 4) is 11.1 Å². The molecule has 150 valence electrons. The summed E-state index contributed by atoms with van der Waals surface area (Å²) in [5.41, 5.74) is 2.40. The molecule has 7 heteroatoms. The number of fused-ring (bicyclic) bond motifs is 1. The minimum atomic E-state index is -1.15. The van der Waals surface area contributed by atoms with E-state index in [2.05, 4.69) is 0 Å². The highest BCUT2D eigenvalue weighted by Crippen LogP contribution is 2.37. The Hall–Kier alpha value is -2.90. The Balaban J connectivity index is 1.24. The number of aliphatic hydroxyl groups is 2. The van der Waals surface area contributed by atoms with E-state index in [0.717, 1.165) is 16.8 Å². The largest absolute Gasteiger partial charge is 0.380 e. The van der Waals surface area contributed by atoms with Gasteiger partial charge in [0.2, 0.25) is 0 Å². The van der Waals surface area contributed by atoms with Crippen LogP contribution in [0.5, 0.6) is 0 Å². The lowest BCUT2D eigenvalue weighted by Gasteiger charge is -2.35. The topological polar surface area (TPSA) is 86.0 Å². The highest BCUT2D eigenvalue weighted by Gasteiger charge is 2.50. The molecule has 1 aromatic heterocycles. The molecule has 1 atom stereocenters. The second-order valence-electron chi connectivity index (χ2n) is 8.03. The van der Waals surface area contributed by atoms with Crippen LogP contribution < -0.4 is 0 Å². The molecule has 1 saturated heterocycles. The smallest absolute Gasteiger partial charge is 0.254 e. The fraction of sp³-hybridized carbons (Fsp3) is 0.364. The van der Waals surface area contributed by atoms with Crippen LogP contribution >= 0.6 is 0 Å². The fourth-order valence-corrected chi connectivity index (χ4v) is 4.02. The molecule has 0 spiro atoms. The Morgan fingerprint density at radius 2 is 1.62 bits per heavy atom. The first-order chi connectivity index (χ1) is 13.9. The highest BCUT2D eigenvalue weighted by molar-refractivity contribution is 5.95. The predicted molar refractivity (Wildman–Crippen MR) is 107 cm³/mol. The predicted octanol–water partition coefficient (Wildman–Crippen LogP) is 1.48. The van der Waals surface area contributed by atoms with Crippen molar-refractivity contribution in [3.05, 3.63) is 53.9 Å². The lowest BCUT2D eigenvalue weighted by molar-refractivity contribution is -0.143. The number of aliphatic hydroxyl groups excluding tert-OH is 1. The van der Waals surface area contributed by atoms with Gasteiger partial charge in [-0.1, -0.05) is 12.1 Å². The van der Waals surface area contributed by atoms with Crippen molar-refractivity contribution in [2.24, 2.45) is 0 Å². The van der Waals surface area contributed by atoms with Gasteiger partial charge in [-0.05, 0) is 48.8 Å². The summed E-state index contributed by atoms with van der Waals surface area (Å²) in [5.74, 6) is -0.250. The Kier molecular flexibility index (Phi) is 4.11. The van der Waals surface area contributed by atoms with Crippen molar-refractivity contribution in [3.63, 3.8) is 0 Å². The van der Waals surface area contributed by atoms with Crippen LogP contribution in [0, 0.1) is 0 Å². The normalized spacial score (nSPS) is 21.9. The molecule has 1 aromatic carbocycles. The third-order valence-corrected chi connectivity index (χ3v) is 6.04. The average Bonchev–Trinajstić information content (AvgIpc) is 3.21. The average molecular weight is 393 g/mol. The SMILES string of the molecule is O=C(c1ccc(-c2cc3n(c2)C(O)C=C3)cc1)N1CCN(C(=O)C2(O)CC2)CC1. The maximum absolute atomic E-state index is 12.8. The second kappa shape index (κ2) is 6.57. The number of rotatable bonds is 3. The molecule has 7 nitrogen and oxygen atoms in total. The van der Waals surface area contributed by atoms with Crippen LogP contribution in [0.15, 0.2) is 42.6 Å². The lowest BCUT2D eigenvalue weighted by Crippen LogP contribution is -2.53. The van der Waals surface area contributed by atoms with Crippen LogP contribution in [0.1, 0.15) is 35.1 Å². The molecule has 1 aliphatic carbocycles. The Morgan fingerprint density at radius 3 is 2.24 bits per heavy atom. The van der Waals surface area contributed by atoms with Gasteiger partial charge in [0, 0.05) is 49.2 Å². The van der Waals surface area contributed by atoms with E-state index in [9.17, 15) is 19.8 Å². The molecule has 1 unspecified atom stereocenters. The molecule has 2 amide bonds. The van der Waals surface area contributed by atoms with E-state index in [1.165, 1.54) is 0 Å². The summed E-state index contributed by atoms with van der Waals surface area (Å²) in [6.07, 6.45) is 5.98. The summed E-state index contributed by atoms with van der Waals surface area (Å²) < 4.78 is 1.80. The van der Waals surface area contributed by atoms with Gasteiger partial charge in [-0.2, -0.15) is 0 Å². The molecule has 5 rings (SSSR count). The van der Waals surface area contributed by atoms with Crippen molar-refractivity contribution in [1.82, 2.24) is 14.4 Å². The van der Waals surface area contributed by atoms with Gasteiger partial charge >= 0.3 is 0 Å². The van der Waals surface area contributed by atoms with Crippen molar-refractivity contribution in [1.29, 1.82) is 0 Å². The van der Waals surface area contributed by atoms with Crippen LogP contribution in [-0.4, -0.2) is 68.2 Å². The number of piperazine rings is 1. The van der Waals surface area contributed by atoms with E-state index in [0.29, 0.717) is 44.6 Å². The summed E-state index contributed by atoms with van der Waals surface area (Å²) in [5, 5.41) is 19.9. The van der Waals surface area contributed by atoms with Gasteiger partial charge in [-0.3, -0.25) is 9.59 Å². The number of benzene rings is 1. The zero-order chi connectivity index (χ0) is 20.2. The number of nitrogens with zero attached hydrogens (tertiary/aromatic N) is 3. The standard InChI is InChI=1S/C22H23N3O4/c26-19-6-5-18-13-17(14-25(18)19)15-1-3-16(4-2-15)20(27)23-9-11-24(12-10-23)21(28)22(29)7-8-22/h1-6,13-14,19,26,29H,7-12H2. The molecule has 2 fully saturated rings. The molecule has 3 aliphatic rings. The number of aromatic nitrogens is 1. The van der Waals surface area contributed by atoms with E-state index in [1.54, 1.807) is 20.4 Å². The van der Waals surface area contributed by atoms with Crippen LogP contribution in [0.2, 0.25) is 0 Å². The zero-order valence-corrected chi connectivity index (χ0v) is 16.0. The van der Waals surface area contributed by atoms with Crippen molar-refractivity contribution in [2.75, 3.05) is 26.2 Å². The first-order valence-corrected chi connectivity index (χ1v) is 9.94. The Labute approximate surface area is 168 Å². The monoisotopic (exact) mass is 393 g/mol. The van der Waals surface area contributed by atoms with E-state index < -0.39 is 11.8 Å². The summed E-state index contributed by atoms with van der Waals surface area (Å²) in [6, 6.07) is 9.47. The van der Waals surface area contributed by atoms with Crippen molar-refractivity contribution < 1.29 is 19.8 Å². The van der Waals surface area contributed by atoms with Crippen molar-refractivity contribution in [2.45, 2.75) is 24.7 Å². The van der Waals surface area contributed by atoms with Crippen molar-refractivity contribution >= 4 is 17.9 Å². The molecular formula is C22H23N3O4. The van der Waals surface area contributed by atoms with Gasteiger partial charge in [-0.25, -0.2) is 0 Å². The number of carbonyl (C=O) groups is 2. The molecule has 2 aliphatic heterocycles. The maximum atomic E-state index is 12.8. The number of amides is 2. The summed E-state index contributed by atoms with van der Waals surface area (Å²) in [6.45, 7) is 1.85. The van der Waals surface area contributed by atoms with Gasteiger partial charge in [0.1, 0.15) is 11.8 Å². The van der Waals surface area contributed by atoms with Crippen LogP contribution in [0.3, 0.4) is 0 Å². The van der Waals surface area contributed by atoms with Gasteiger partial charge in [0.15, 0.2) is 0 Å². The van der Waals surface area contributed by atoms with Gasteiger partial charge in [0.25, 0.3) is 11.8 Å². The minimum absolute atomic E-state index is 0.0495. The first kappa shape index (κ1) is 18.1. The van der Waals surface area contributed by atoms with Gasteiger partial charge in [-0.15, -0.1) is 0 Å². The lowest BCUT2D eigenvalue weighted by atomic mass is 10.1. The summed E-state index contributed by atoms with van der Waals surface area (Å²) in [4.78, 5) is 28.5. The van der Waals surface area contributed by atoms with Gasteiger partial charge in [0.05, 0.1) is 0 Å². The zero-order valence-electron chi connectivity index (χ0n) is 16.0. The fourth-order valence-electron chi connectivity index (χ4n) is 4.02. The third kappa shape index (κ3) is 3.16. The molecule has 1 saturated carbocycles. The summed E-state index contributed by atoms with van der Waals surface area (Å²) >= 11 is 0. The molecule has 0 bridgehead atoms.